The first-order valence-corrected chi connectivity index (χ1v) is 20.6. The van der Waals surface area contributed by atoms with Crippen molar-refractivity contribution < 1.29 is 34.1 Å². The Morgan fingerprint density at radius 2 is 1.06 bits per heavy atom. The van der Waals surface area contributed by atoms with E-state index in [1.807, 2.05) is 6.08 Å². The Morgan fingerprint density at radius 1 is 0.600 bits per heavy atom. The normalized spacial score (nSPS) is 12.5. The Morgan fingerprint density at radius 3 is 1.54 bits per heavy atom. The molecule has 0 aliphatic rings. The van der Waals surface area contributed by atoms with Crippen LogP contribution >= 0.6 is 0 Å². The maximum atomic E-state index is 12.6. The van der Waals surface area contributed by atoms with Crippen LogP contribution in [0.25, 0.3) is 0 Å². The molecule has 0 spiro atoms. The van der Waals surface area contributed by atoms with E-state index in [-0.39, 0.29) is 30.9 Å². The van der Waals surface area contributed by atoms with Crippen LogP contribution in [0.3, 0.4) is 0 Å². The summed E-state index contributed by atoms with van der Waals surface area (Å²) in [5, 5.41) is 22.5. The molecule has 0 rings (SSSR count). The third-order valence-electron chi connectivity index (χ3n) is 9.25. The van der Waals surface area contributed by atoms with E-state index >= 15 is 0 Å². The van der Waals surface area contributed by atoms with Crippen LogP contribution in [-0.4, -0.2) is 59.3 Å². The molecule has 0 fully saturated rings. The van der Waals surface area contributed by atoms with Crippen LogP contribution in [0.2, 0.25) is 0 Å². The molecule has 0 bridgehead atoms. The molecule has 9 heteroatoms. The third kappa shape index (κ3) is 32.8. The van der Waals surface area contributed by atoms with Crippen molar-refractivity contribution in [1.82, 2.24) is 10.6 Å². The lowest BCUT2D eigenvalue weighted by Gasteiger charge is -2.15. The van der Waals surface area contributed by atoms with Gasteiger partial charge in [0.15, 0.2) is 0 Å². The molecular weight excluding hydrogens is 632 g/mol. The molecule has 9 nitrogen and oxygen atoms in total. The van der Waals surface area contributed by atoms with Crippen molar-refractivity contribution in [1.29, 1.82) is 0 Å². The molecular formula is C41H76N2O7. The molecule has 0 aromatic carbocycles. The number of esters is 1. The average Bonchev–Trinajstić information content (AvgIpc) is 3.10. The van der Waals surface area contributed by atoms with E-state index in [0.29, 0.717) is 12.8 Å². The average molecular weight is 709 g/mol. The highest BCUT2D eigenvalue weighted by Crippen LogP contribution is 2.16. The topological polar surface area (TPSA) is 142 Å². The number of allylic oxidation sites excluding steroid dienone is 1. The Balaban J connectivity index is 3.93. The van der Waals surface area contributed by atoms with E-state index in [9.17, 15) is 19.2 Å². The van der Waals surface area contributed by atoms with Gasteiger partial charge in [0.25, 0.3) is 0 Å². The largest absolute Gasteiger partial charge is 0.480 e. The molecule has 0 aliphatic heterocycles. The highest BCUT2D eigenvalue weighted by molar-refractivity contribution is 5.87. The predicted molar refractivity (Wildman–Crippen MR) is 204 cm³/mol. The van der Waals surface area contributed by atoms with E-state index in [1.165, 1.54) is 109 Å². The van der Waals surface area contributed by atoms with Crippen molar-refractivity contribution in [3.63, 3.8) is 0 Å². The number of unbranched alkanes of at least 4 members (excludes halogenated alkanes) is 23. The van der Waals surface area contributed by atoms with Crippen molar-refractivity contribution in [3.05, 3.63) is 12.2 Å². The lowest BCUT2D eigenvalue weighted by atomic mass is 10.0. The molecule has 2 unspecified atom stereocenters. The molecule has 4 N–H and O–H groups in total. The number of aliphatic hydroxyl groups excluding tert-OH is 1. The zero-order valence-electron chi connectivity index (χ0n) is 32.2. The summed E-state index contributed by atoms with van der Waals surface area (Å²) in [6.45, 7) is 3.38. The fourth-order valence-corrected chi connectivity index (χ4v) is 6.02. The van der Waals surface area contributed by atoms with Crippen LogP contribution < -0.4 is 10.6 Å². The van der Waals surface area contributed by atoms with Crippen molar-refractivity contribution >= 4 is 23.8 Å². The standard InChI is InChI=1S/C41H76N2O7/c1-3-5-7-9-10-11-12-13-14-15-16-17-18-19-20-21-22-23-29-33-40(47)50-36(30-26-8-6-4-2)31-27-24-25-28-32-38(45)42-34-39(46)43-37(35-44)41(48)49/h26,30,36-37,44H,3-25,27-29,31-35H2,1-2H3,(H,42,45)(H,43,46)(H,48,49)/b30-26-. The number of aliphatic hydroxyl groups is 1. The Kier molecular flexibility index (Phi) is 34.6. The first kappa shape index (κ1) is 47.6. The molecule has 2 amide bonds. The van der Waals surface area contributed by atoms with Gasteiger partial charge in [-0.1, -0.05) is 161 Å². The smallest absolute Gasteiger partial charge is 0.328 e. The van der Waals surface area contributed by atoms with Gasteiger partial charge in [0.1, 0.15) is 12.1 Å². The van der Waals surface area contributed by atoms with Crippen molar-refractivity contribution in [3.8, 4) is 0 Å². The van der Waals surface area contributed by atoms with E-state index in [2.05, 4.69) is 30.6 Å². The molecule has 0 aliphatic carbocycles. The maximum absolute atomic E-state index is 12.6. The fourth-order valence-electron chi connectivity index (χ4n) is 6.02. The summed E-state index contributed by atoms with van der Waals surface area (Å²) in [5.74, 6) is -2.40. The summed E-state index contributed by atoms with van der Waals surface area (Å²) >= 11 is 0. The fraction of sp³-hybridized carbons (Fsp3) is 0.854. The molecule has 292 valence electrons. The van der Waals surface area contributed by atoms with Gasteiger partial charge in [-0.2, -0.15) is 0 Å². The number of rotatable bonds is 37. The van der Waals surface area contributed by atoms with Crippen LogP contribution in [0.1, 0.15) is 200 Å². The van der Waals surface area contributed by atoms with Crippen molar-refractivity contribution in [2.45, 2.75) is 212 Å². The first-order valence-electron chi connectivity index (χ1n) is 20.6. The lowest BCUT2D eigenvalue weighted by molar-refractivity contribution is -0.147. The van der Waals surface area contributed by atoms with Gasteiger partial charge in [-0.05, 0) is 38.2 Å². The number of hydrogen-bond donors (Lipinski definition) is 4. The minimum atomic E-state index is -1.39. The van der Waals surface area contributed by atoms with E-state index in [1.54, 1.807) is 0 Å². The summed E-state index contributed by atoms with van der Waals surface area (Å²) in [5.41, 5.74) is 0. The van der Waals surface area contributed by atoms with E-state index in [4.69, 9.17) is 14.9 Å². The second-order valence-electron chi connectivity index (χ2n) is 14.1. The number of carbonyl (C=O) groups is 4. The number of hydrogen-bond acceptors (Lipinski definition) is 6. The number of nitrogens with one attached hydrogen (secondary N) is 2. The number of aliphatic carboxylic acids is 1. The van der Waals surface area contributed by atoms with E-state index in [0.717, 1.165) is 57.8 Å². The Hall–Kier alpha value is -2.42. The van der Waals surface area contributed by atoms with Crippen LogP contribution in [-0.2, 0) is 23.9 Å². The minimum Gasteiger partial charge on any atom is -0.480 e. The summed E-state index contributed by atoms with van der Waals surface area (Å²) in [6, 6.07) is -1.39. The quantitative estimate of drug-likeness (QED) is 0.0286. The lowest BCUT2D eigenvalue weighted by Crippen LogP contribution is -2.47. The number of carboxylic acid groups (broad SMARTS) is 1. The molecule has 0 radical (unpaired) electrons. The summed E-state index contributed by atoms with van der Waals surface area (Å²) in [4.78, 5) is 47.2. The summed E-state index contributed by atoms with van der Waals surface area (Å²) < 4.78 is 5.84. The highest BCUT2D eigenvalue weighted by atomic mass is 16.5. The van der Waals surface area contributed by atoms with Gasteiger partial charge in [-0.25, -0.2) is 4.79 Å². The Bertz CT molecular complexity index is 864. The zero-order valence-corrected chi connectivity index (χ0v) is 32.2. The summed E-state index contributed by atoms with van der Waals surface area (Å²) in [7, 11) is 0. The number of carbonyl (C=O) groups excluding carboxylic acids is 3. The molecule has 2 atom stereocenters. The molecule has 0 heterocycles. The maximum Gasteiger partial charge on any atom is 0.328 e. The molecule has 0 saturated heterocycles. The van der Waals surface area contributed by atoms with Gasteiger partial charge in [-0.15, -0.1) is 0 Å². The number of ether oxygens (including phenoxy) is 1. The molecule has 50 heavy (non-hydrogen) atoms. The highest BCUT2D eigenvalue weighted by Gasteiger charge is 2.18. The molecule has 0 aromatic rings. The zero-order chi connectivity index (χ0) is 36.9. The number of carboxylic acids is 1. The van der Waals surface area contributed by atoms with Gasteiger partial charge in [0.05, 0.1) is 13.2 Å². The first-order chi connectivity index (χ1) is 24.3. The second-order valence-corrected chi connectivity index (χ2v) is 14.1. The SMILES string of the molecule is CCCC/C=C\C(CCCCCCC(=O)NCC(=O)NC(CO)C(=O)O)OC(=O)CCCCCCCCCCCCCCCCCCCCC. The second kappa shape index (κ2) is 36.4. The van der Waals surface area contributed by atoms with Crippen molar-refractivity contribution in [2.24, 2.45) is 0 Å². The van der Waals surface area contributed by atoms with Gasteiger partial charge in [0, 0.05) is 12.8 Å². The van der Waals surface area contributed by atoms with Gasteiger partial charge >= 0.3 is 11.9 Å². The predicted octanol–water partition coefficient (Wildman–Crippen LogP) is 9.48. The number of amides is 2. The van der Waals surface area contributed by atoms with Crippen LogP contribution in [0, 0.1) is 0 Å². The minimum absolute atomic E-state index is 0.114. The monoisotopic (exact) mass is 709 g/mol. The van der Waals surface area contributed by atoms with Gasteiger partial charge in [0.2, 0.25) is 11.8 Å². The molecule has 0 saturated carbocycles. The summed E-state index contributed by atoms with van der Waals surface area (Å²) in [6.07, 6.45) is 37.2. The van der Waals surface area contributed by atoms with Crippen molar-refractivity contribution in [2.75, 3.05) is 13.2 Å². The van der Waals surface area contributed by atoms with Gasteiger partial charge in [-0.3, -0.25) is 14.4 Å². The Labute approximate surface area is 305 Å². The van der Waals surface area contributed by atoms with Crippen LogP contribution in [0.4, 0.5) is 0 Å². The molecule has 0 aromatic heterocycles. The third-order valence-corrected chi connectivity index (χ3v) is 9.25. The van der Waals surface area contributed by atoms with Gasteiger partial charge < -0.3 is 25.6 Å². The van der Waals surface area contributed by atoms with E-state index < -0.39 is 24.5 Å². The van der Waals surface area contributed by atoms with Crippen LogP contribution in [0.15, 0.2) is 12.2 Å². The van der Waals surface area contributed by atoms with Crippen LogP contribution in [0.5, 0.6) is 0 Å².